The molecule has 1 N–H and O–H groups in total. The van der Waals surface area contributed by atoms with Crippen LogP contribution in [0.2, 0.25) is 0 Å². The predicted molar refractivity (Wildman–Crippen MR) is 61.6 cm³/mol. The lowest BCUT2D eigenvalue weighted by atomic mass is 9.98. The van der Waals surface area contributed by atoms with Crippen molar-refractivity contribution in [3.05, 3.63) is 35.9 Å². The Bertz CT molecular complexity index is 434. The molecule has 2 bridgehead atoms. The summed E-state index contributed by atoms with van der Waals surface area (Å²) in [5.41, 5.74) is 0.362. The molecule has 0 saturated carbocycles. The number of ether oxygens (including phenoxy) is 1. The highest BCUT2D eigenvalue weighted by Crippen LogP contribution is 2.39. The molecule has 2 aliphatic rings. The molecule has 1 aromatic carbocycles. The zero-order valence-electron chi connectivity index (χ0n) is 9.50. The van der Waals surface area contributed by atoms with Gasteiger partial charge in [0, 0.05) is 19.5 Å². The van der Waals surface area contributed by atoms with Crippen molar-refractivity contribution in [2.45, 2.75) is 24.6 Å². The lowest BCUT2D eigenvalue weighted by molar-refractivity contribution is -0.153. The van der Waals surface area contributed by atoms with Gasteiger partial charge in [-0.15, -0.1) is 0 Å². The molecule has 2 saturated heterocycles. The average molecular weight is 233 g/mol. The normalized spacial score (nSPS) is 31.9. The molecule has 17 heavy (non-hydrogen) atoms. The van der Waals surface area contributed by atoms with E-state index >= 15 is 0 Å². The number of rotatable bonds is 3. The van der Waals surface area contributed by atoms with Crippen LogP contribution >= 0.6 is 0 Å². The number of morpholine rings is 1. The van der Waals surface area contributed by atoms with Crippen LogP contribution in [0.5, 0.6) is 0 Å². The number of likely N-dealkylation sites (tertiary alicyclic amines) is 1. The van der Waals surface area contributed by atoms with Crippen LogP contribution in [-0.2, 0) is 16.1 Å². The summed E-state index contributed by atoms with van der Waals surface area (Å²) >= 11 is 0. The maximum atomic E-state index is 11.5. The smallest absolute Gasteiger partial charge is 0.326 e. The number of hydrogen-bond donors (Lipinski definition) is 1. The Balaban J connectivity index is 1.82. The molecule has 2 atom stereocenters. The van der Waals surface area contributed by atoms with Crippen LogP contribution in [0.15, 0.2) is 30.3 Å². The third-order valence-electron chi connectivity index (χ3n) is 3.77. The summed E-state index contributed by atoms with van der Waals surface area (Å²) in [6.45, 7) is 1.73. The quantitative estimate of drug-likeness (QED) is 0.849. The van der Waals surface area contributed by atoms with Gasteiger partial charge in [0.2, 0.25) is 0 Å². The number of nitrogens with zero attached hydrogens (tertiary/aromatic N) is 1. The fraction of sp³-hybridized carbons (Fsp3) is 0.462. The minimum Gasteiger partial charge on any atom is -0.480 e. The highest BCUT2D eigenvalue weighted by atomic mass is 16.5. The van der Waals surface area contributed by atoms with Crippen molar-refractivity contribution in [3.8, 4) is 0 Å². The molecule has 2 heterocycles. The molecular formula is C13H15NO3. The van der Waals surface area contributed by atoms with Crippen molar-refractivity contribution in [3.63, 3.8) is 0 Å². The fourth-order valence-electron chi connectivity index (χ4n) is 2.81. The SMILES string of the molecule is O=C(O)C12COC(CN1Cc1ccccc1)C2. The molecule has 0 amide bonds. The van der Waals surface area contributed by atoms with Gasteiger partial charge < -0.3 is 9.84 Å². The van der Waals surface area contributed by atoms with E-state index in [1.54, 1.807) is 0 Å². The molecular weight excluding hydrogens is 218 g/mol. The van der Waals surface area contributed by atoms with E-state index in [0.29, 0.717) is 19.6 Å². The van der Waals surface area contributed by atoms with Crippen LogP contribution in [0.25, 0.3) is 0 Å². The number of carboxylic acids is 1. The first kappa shape index (κ1) is 10.7. The standard InChI is InChI=1S/C13H15NO3/c15-12(16)13-6-11(17-9-13)8-14(13)7-10-4-2-1-3-5-10/h1-5,11H,6-9H2,(H,15,16). The molecule has 2 fully saturated rings. The Morgan fingerprint density at radius 1 is 1.47 bits per heavy atom. The topological polar surface area (TPSA) is 49.8 Å². The number of fused-ring (bicyclic) bond motifs is 2. The summed E-state index contributed by atoms with van der Waals surface area (Å²) in [6, 6.07) is 9.99. The summed E-state index contributed by atoms with van der Waals surface area (Å²) in [7, 11) is 0. The highest BCUT2D eigenvalue weighted by Gasteiger charge is 2.57. The van der Waals surface area contributed by atoms with E-state index in [0.717, 1.165) is 12.1 Å². The van der Waals surface area contributed by atoms with Crippen molar-refractivity contribution >= 4 is 5.97 Å². The summed E-state index contributed by atoms with van der Waals surface area (Å²) in [5, 5.41) is 9.42. The number of hydrogen-bond acceptors (Lipinski definition) is 3. The van der Waals surface area contributed by atoms with E-state index < -0.39 is 11.5 Å². The zero-order valence-corrected chi connectivity index (χ0v) is 9.50. The van der Waals surface area contributed by atoms with E-state index in [1.165, 1.54) is 0 Å². The van der Waals surface area contributed by atoms with Crippen molar-refractivity contribution < 1.29 is 14.6 Å². The third kappa shape index (κ3) is 1.64. The minimum atomic E-state index is -0.791. The Hall–Kier alpha value is -1.39. The minimum absolute atomic E-state index is 0.0924. The number of carboxylic acid groups (broad SMARTS) is 1. The Morgan fingerprint density at radius 2 is 2.24 bits per heavy atom. The van der Waals surface area contributed by atoms with Crippen LogP contribution < -0.4 is 0 Å². The molecule has 90 valence electrons. The first-order valence-electron chi connectivity index (χ1n) is 5.85. The second-order valence-electron chi connectivity index (χ2n) is 4.84. The summed E-state index contributed by atoms with van der Waals surface area (Å²) in [6.07, 6.45) is 0.713. The van der Waals surface area contributed by atoms with E-state index in [2.05, 4.69) is 0 Å². The summed E-state index contributed by atoms with van der Waals surface area (Å²) < 4.78 is 5.46. The van der Waals surface area contributed by atoms with Gasteiger partial charge in [-0.25, -0.2) is 0 Å². The van der Waals surface area contributed by atoms with Crippen LogP contribution in [0.3, 0.4) is 0 Å². The number of aliphatic carboxylic acids is 1. The zero-order chi connectivity index (χ0) is 11.9. The second kappa shape index (κ2) is 3.82. The van der Waals surface area contributed by atoms with Crippen LogP contribution in [0.1, 0.15) is 12.0 Å². The second-order valence-corrected chi connectivity index (χ2v) is 4.84. The molecule has 2 aliphatic heterocycles. The molecule has 2 unspecified atom stereocenters. The van der Waals surface area contributed by atoms with Gasteiger partial charge in [-0.1, -0.05) is 30.3 Å². The van der Waals surface area contributed by atoms with Crippen LogP contribution in [-0.4, -0.2) is 40.8 Å². The Morgan fingerprint density at radius 3 is 2.88 bits per heavy atom. The molecule has 0 radical (unpaired) electrons. The summed E-state index contributed by atoms with van der Waals surface area (Å²) in [5.74, 6) is -0.756. The largest absolute Gasteiger partial charge is 0.480 e. The number of carbonyl (C=O) groups is 1. The Kier molecular flexibility index (Phi) is 2.42. The molecule has 4 heteroatoms. The Labute approximate surface area is 99.8 Å². The summed E-state index contributed by atoms with van der Waals surface area (Å²) in [4.78, 5) is 13.5. The van der Waals surface area contributed by atoms with Crippen molar-refractivity contribution in [1.82, 2.24) is 4.90 Å². The highest BCUT2D eigenvalue weighted by molar-refractivity contribution is 5.80. The predicted octanol–water partition coefficient (Wildman–Crippen LogP) is 1.11. The fourth-order valence-corrected chi connectivity index (χ4v) is 2.81. The van der Waals surface area contributed by atoms with Crippen molar-refractivity contribution in [2.24, 2.45) is 0 Å². The number of benzene rings is 1. The average Bonchev–Trinajstić information content (AvgIpc) is 2.89. The monoisotopic (exact) mass is 233 g/mol. The first-order chi connectivity index (χ1) is 8.21. The molecule has 3 rings (SSSR count). The third-order valence-corrected chi connectivity index (χ3v) is 3.77. The van der Waals surface area contributed by atoms with Gasteiger partial charge in [-0.3, -0.25) is 9.69 Å². The molecule has 1 aromatic rings. The van der Waals surface area contributed by atoms with Crippen molar-refractivity contribution in [1.29, 1.82) is 0 Å². The van der Waals surface area contributed by atoms with Gasteiger partial charge in [0.1, 0.15) is 5.54 Å². The first-order valence-corrected chi connectivity index (χ1v) is 5.85. The van der Waals surface area contributed by atoms with Gasteiger partial charge in [0.15, 0.2) is 0 Å². The van der Waals surface area contributed by atoms with Gasteiger partial charge in [-0.2, -0.15) is 0 Å². The molecule has 0 aromatic heterocycles. The molecule has 4 nitrogen and oxygen atoms in total. The molecule has 0 spiro atoms. The van der Waals surface area contributed by atoms with E-state index in [1.807, 2.05) is 35.2 Å². The lowest BCUT2D eigenvalue weighted by Crippen LogP contribution is -2.53. The lowest BCUT2D eigenvalue weighted by Gasteiger charge is -2.34. The van der Waals surface area contributed by atoms with E-state index in [9.17, 15) is 9.90 Å². The van der Waals surface area contributed by atoms with Crippen LogP contribution in [0, 0.1) is 0 Å². The van der Waals surface area contributed by atoms with Gasteiger partial charge in [0.25, 0.3) is 0 Å². The van der Waals surface area contributed by atoms with Gasteiger partial charge in [0.05, 0.1) is 12.7 Å². The van der Waals surface area contributed by atoms with Crippen LogP contribution in [0.4, 0.5) is 0 Å². The van der Waals surface area contributed by atoms with Gasteiger partial charge in [-0.05, 0) is 5.56 Å². The molecule has 0 aliphatic carbocycles. The maximum absolute atomic E-state index is 11.5. The van der Waals surface area contributed by atoms with Crippen molar-refractivity contribution in [2.75, 3.05) is 13.2 Å². The maximum Gasteiger partial charge on any atom is 0.326 e. The van der Waals surface area contributed by atoms with Gasteiger partial charge >= 0.3 is 5.97 Å². The van der Waals surface area contributed by atoms with E-state index in [-0.39, 0.29) is 6.10 Å². The van der Waals surface area contributed by atoms with E-state index in [4.69, 9.17) is 4.74 Å².